The molecule has 0 aromatic carbocycles. The van der Waals surface area contributed by atoms with Crippen LogP contribution in [-0.2, 0) is 18.6 Å². The van der Waals surface area contributed by atoms with E-state index in [4.69, 9.17) is 0 Å². The Bertz CT molecular complexity index is 6.00. The van der Waals surface area contributed by atoms with Crippen LogP contribution in [0.4, 0.5) is 0 Å². The van der Waals surface area contributed by atoms with Crippen molar-refractivity contribution in [2.75, 3.05) is 0 Å². The summed E-state index contributed by atoms with van der Waals surface area (Å²) in [4.78, 5) is 0. The minimum atomic E-state index is 0. The van der Waals surface area contributed by atoms with E-state index < -0.39 is 0 Å². The van der Waals surface area contributed by atoms with E-state index in [1.54, 1.807) is 0 Å². The maximum atomic E-state index is 4.25. The smallest absolute Gasteiger partial charge is 0 e. The van der Waals surface area contributed by atoms with Crippen molar-refractivity contribution in [3.05, 3.63) is 13.2 Å². The van der Waals surface area contributed by atoms with Gasteiger partial charge in [0.05, 0.1) is 0 Å². The van der Waals surface area contributed by atoms with Gasteiger partial charge in [-0.25, -0.2) is 0 Å². The third kappa shape index (κ3) is 10.1. The molecule has 0 aliphatic rings. The van der Waals surface area contributed by atoms with Crippen molar-refractivity contribution < 1.29 is 49.7 Å². The molecule has 0 nitrogen and oxygen atoms in total. The van der Waals surface area contributed by atoms with E-state index in [1.807, 2.05) is 0 Å². The third-order valence-electron chi connectivity index (χ3n) is 0. The minimum Gasteiger partial charge on any atom is -0.521 e. The van der Waals surface area contributed by atoms with Gasteiger partial charge in [-0.05, 0) is 0 Å². The Hall–Kier alpha value is 1.38. The molecule has 2 heteroatoms. The van der Waals surface area contributed by atoms with Crippen molar-refractivity contribution in [3.8, 4) is 0 Å². The van der Waals surface area contributed by atoms with Gasteiger partial charge in [0.2, 0.25) is 0 Å². The van der Waals surface area contributed by atoms with Gasteiger partial charge in [0.25, 0.3) is 0 Å². The predicted molar refractivity (Wildman–Crippen MR) is 9.93 cm³/mol. The van der Waals surface area contributed by atoms with E-state index in [2.05, 4.69) is 13.2 Å². The van der Waals surface area contributed by atoms with Gasteiger partial charge in [-0.3, -0.25) is 6.58 Å². The molecule has 1 radical (unpaired) electrons. The largest absolute Gasteiger partial charge is 0.521 e. The average Bonchev–Trinajstić information content (AvgIpc) is 1.00. The third-order valence-corrected chi connectivity index (χ3v) is 0. The van der Waals surface area contributed by atoms with Crippen LogP contribution in [0.1, 0.15) is 0 Å². The topological polar surface area (TPSA) is 0 Å². The summed E-state index contributed by atoms with van der Waals surface area (Å²) in [5, 5.41) is 0. The van der Waals surface area contributed by atoms with E-state index in [0.29, 0.717) is 0 Å². The molecular weight excluding hydrogens is 313 g/mol. The molecule has 0 heterocycles. The van der Waals surface area contributed by atoms with Crippen molar-refractivity contribution in [3.63, 3.8) is 0 Å². The molecule has 0 spiro atoms. The number of rotatable bonds is 0. The zero-order valence-electron chi connectivity index (χ0n) is 2.23. The molecule has 0 aliphatic heterocycles. The van der Waals surface area contributed by atoms with Crippen LogP contribution in [0.2, 0.25) is 0 Å². The first-order valence-electron chi connectivity index (χ1n) is 0.408. The van der Waals surface area contributed by atoms with Crippen molar-refractivity contribution in [2.24, 2.45) is 0 Å². The van der Waals surface area contributed by atoms with E-state index in [-0.39, 0.29) is 49.7 Å². The zero-order chi connectivity index (χ0) is 2.00. The molecule has 0 saturated carbocycles. The fourth-order valence-corrected chi connectivity index (χ4v) is 0. The van der Waals surface area contributed by atoms with Crippen LogP contribution in [-0.4, -0.2) is 0 Å². The normalized spacial score (nSPS) is 1.00. The van der Waals surface area contributed by atoms with Gasteiger partial charge in [0, 0.05) is 49.7 Å². The van der Waals surface area contributed by atoms with E-state index >= 15 is 0 Å². The molecule has 0 bridgehead atoms. The van der Waals surface area contributed by atoms with Gasteiger partial charge in [0.1, 0.15) is 0 Å². The van der Waals surface area contributed by atoms with Crippen molar-refractivity contribution in [1.29, 1.82) is 0 Å². The van der Waals surface area contributed by atoms with Crippen LogP contribution in [0.3, 0.4) is 0 Å². The monoisotopic (exact) mass is 316 g/mol. The number of hydrogen-bond donors (Lipinski definition) is 0. The predicted octanol–water partition coefficient (Wildman–Crippen LogP) is 0.603. The molecule has 0 aromatic rings. The standard InChI is InChI=1S/C2H3.U.V/c1-2;;/h1H,2H2;;/q-1;;. The molecule has 21 valence electrons. The fourth-order valence-electron chi connectivity index (χ4n) is 0. The molecule has 0 saturated heterocycles. The molecule has 0 amide bonds. The second-order valence-corrected chi connectivity index (χ2v) is 0. The van der Waals surface area contributed by atoms with Gasteiger partial charge in [-0.1, -0.05) is 0 Å². The van der Waals surface area contributed by atoms with Crippen molar-refractivity contribution >= 4 is 0 Å². The van der Waals surface area contributed by atoms with Gasteiger partial charge < -0.3 is 6.58 Å². The second kappa shape index (κ2) is 26.3. The van der Waals surface area contributed by atoms with E-state index in [1.165, 1.54) is 0 Å². The molecule has 0 rings (SSSR count). The molecular formula is C2H3UV-. The first-order valence-corrected chi connectivity index (χ1v) is 0.408. The zero-order valence-corrected chi connectivity index (χ0v) is 7.79. The summed E-state index contributed by atoms with van der Waals surface area (Å²) < 4.78 is 0. The Morgan fingerprint density at radius 1 is 1.25 bits per heavy atom. The Labute approximate surface area is 62.3 Å². The molecule has 0 N–H and O–H groups in total. The summed E-state index contributed by atoms with van der Waals surface area (Å²) in [6.07, 6.45) is 0. The second-order valence-electron chi connectivity index (χ2n) is 0. The van der Waals surface area contributed by atoms with Crippen LogP contribution in [0.5, 0.6) is 0 Å². The summed E-state index contributed by atoms with van der Waals surface area (Å²) in [6.45, 7) is 7.00. The van der Waals surface area contributed by atoms with Crippen molar-refractivity contribution in [1.82, 2.24) is 0 Å². The average molecular weight is 316 g/mol. The van der Waals surface area contributed by atoms with Crippen LogP contribution in [0.25, 0.3) is 0 Å². The summed E-state index contributed by atoms with van der Waals surface area (Å²) in [7, 11) is 0. The minimum absolute atomic E-state index is 0. The van der Waals surface area contributed by atoms with Gasteiger partial charge in [-0.15, -0.1) is 0 Å². The van der Waals surface area contributed by atoms with E-state index in [9.17, 15) is 0 Å². The molecule has 0 unspecified atom stereocenters. The fraction of sp³-hybridized carbons (Fsp3) is 0. The van der Waals surface area contributed by atoms with Gasteiger partial charge in [0.15, 0.2) is 0 Å². The molecule has 4 heavy (non-hydrogen) atoms. The molecule has 0 aliphatic carbocycles. The first-order chi connectivity index (χ1) is 1.00. The summed E-state index contributed by atoms with van der Waals surface area (Å²) >= 11 is 0. The molecule has 0 atom stereocenters. The van der Waals surface area contributed by atoms with Crippen molar-refractivity contribution in [2.45, 2.75) is 0 Å². The maximum absolute atomic E-state index is 4.25. The summed E-state index contributed by atoms with van der Waals surface area (Å²) in [5.74, 6) is 0. The quantitative estimate of drug-likeness (QED) is 0.574. The van der Waals surface area contributed by atoms with Gasteiger partial charge >= 0.3 is 0 Å². The number of hydrogen-bond acceptors (Lipinski definition) is 0. The van der Waals surface area contributed by atoms with Crippen LogP contribution < -0.4 is 0 Å². The molecule has 0 fully saturated rings. The van der Waals surface area contributed by atoms with Crippen LogP contribution in [0.15, 0.2) is 6.58 Å². The Kier molecular flexibility index (Phi) is 120. The Morgan fingerprint density at radius 2 is 1.25 bits per heavy atom. The maximum Gasteiger partial charge on any atom is 0 e. The van der Waals surface area contributed by atoms with Crippen LogP contribution in [0, 0.1) is 37.7 Å². The molecule has 0 aromatic heterocycles. The first kappa shape index (κ1) is 18.2. The van der Waals surface area contributed by atoms with E-state index in [0.717, 1.165) is 0 Å². The summed E-state index contributed by atoms with van der Waals surface area (Å²) in [5.41, 5.74) is 0. The van der Waals surface area contributed by atoms with Crippen LogP contribution >= 0.6 is 0 Å². The SMILES string of the molecule is [CH-]=C.[U].[V]. The summed E-state index contributed by atoms with van der Waals surface area (Å²) in [6, 6.07) is 0. The van der Waals surface area contributed by atoms with Gasteiger partial charge in [-0.2, -0.15) is 0 Å². The Morgan fingerprint density at radius 3 is 1.25 bits per heavy atom. The Balaban J connectivity index is -0.00000000500.